The van der Waals surface area contributed by atoms with Gasteiger partial charge < -0.3 is 24.7 Å². The van der Waals surface area contributed by atoms with E-state index >= 15 is 0 Å². The summed E-state index contributed by atoms with van der Waals surface area (Å²) in [7, 11) is 0. The van der Waals surface area contributed by atoms with E-state index in [4.69, 9.17) is 14.3 Å². The lowest BCUT2D eigenvalue weighted by atomic mass is 9.91. The second-order valence-corrected chi connectivity index (χ2v) is 4.89. The standard InChI is InChI=1S/C13H19NO5/c1-9-11(12(16)17)6-10(19-9)7-14-13(8-15)2-4-18-5-3-13/h6,14-15H,2-5,7-8H2,1H3,(H,16,17). The fourth-order valence-electron chi connectivity index (χ4n) is 2.27. The predicted octanol–water partition coefficient (Wildman–Crippen LogP) is 0.917. The monoisotopic (exact) mass is 269 g/mol. The highest BCUT2D eigenvalue weighted by Gasteiger charge is 2.31. The summed E-state index contributed by atoms with van der Waals surface area (Å²) in [6.07, 6.45) is 1.46. The topological polar surface area (TPSA) is 91.9 Å². The van der Waals surface area contributed by atoms with E-state index in [-0.39, 0.29) is 17.7 Å². The molecule has 0 amide bonds. The Balaban J connectivity index is 2.01. The Bertz CT molecular complexity index is 448. The maximum absolute atomic E-state index is 10.9. The van der Waals surface area contributed by atoms with Crippen molar-refractivity contribution in [2.24, 2.45) is 0 Å². The summed E-state index contributed by atoms with van der Waals surface area (Å²) in [6.45, 7) is 3.29. The number of rotatable bonds is 5. The molecule has 1 aromatic rings. The van der Waals surface area contributed by atoms with Crippen molar-refractivity contribution >= 4 is 5.97 Å². The molecule has 19 heavy (non-hydrogen) atoms. The zero-order valence-electron chi connectivity index (χ0n) is 10.9. The normalized spacial score (nSPS) is 18.4. The molecule has 1 aliphatic heterocycles. The molecule has 106 valence electrons. The molecule has 1 saturated heterocycles. The van der Waals surface area contributed by atoms with Gasteiger partial charge in [0.2, 0.25) is 0 Å². The van der Waals surface area contributed by atoms with Gasteiger partial charge in [0.25, 0.3) is 0 Å². The number of hydrogen-bond donors (Lipinski definition) is 3. The van der Waals surface area contributed by atoms with Crippen LogP contribution >= 0.6 is 0 Å². The number of aryl methyl sites for hydroxylation is 1. The van der Waals surface area contributed by atoms with E-state index < -0.39 is 5.97 Å². The van der Waals surface area contributed by atoms with Crippen LogP contribution in [0.15, 0.2) is 10.5 Å². The van der Waals surface area contributed by atoms with E-state index in [0.717, 1.165) is 12.8 Å². The first-order chi connectivity index (χ1) is 9.06. The minimum Gasteiger partial charge on any atom is -0.478 e. The Labute approximate surface area is 111 Å². The number of aliphatic hydroxyl groups excluding tert-OH is 1. The molecule has 1 fully saturated rings. The van der Waals surface area contributed by atoms with Crippen molar-refractivity contribution in [2.45, 2.75) is 31.8 Å². The van der Waals surface area contributed by atoms with Crippen molar-refractivity contribution in [1.29, 1.82) is 0 Å². The SMILES string of the molecule is Cc1oc(CNC2(CO)CCOCC2)cc1C(=O)O. The molecule has 1 aliphatic rings. The van der Waals surface area contributed by atoms with Gasteiger partial charge >= 0.3 is 5.97 Å². The molecule has 0 atom stereocenters. The molecular weight excluding hydrogens is 250 g/mol. The third kappa shape index (κ3) is 3.15. The maximum atomic E-state index is 10.9. The number of hydrogen-bond acceptors (Lipinski definition) is 5. The number of carbonyl (C=O) groups is 1. The van der Waals surface area contributed by atoms with Gasteiger partial charge in [-0.1, -0.05) is 0 Å². The van der Waals surface area contributed by atoms with Gasteiger partial charge in [-0.05, 0) is 25.8 Å². The lowest BCUT2D eigenvalue weighted by Gasteiger charge is -2.36. The summed E-state index contributed by atoms with van der Waals surface area (Å²) >= 11 is 0. The molecule has 0 aliphatic carbocycles. The molecule has 0 unspecified atom stereocenters. The lowest BCUT2D eigenvalue weighted by molar-refractivity contribution is 0.0104. The van der Waals surface area contributed by atoms with Crippen molar-refractivity contribution in [2.75, 3.05) is 19.8 Å². The van der Waals surface area contributed by atoms with Gasteiger partial charge in [0.1, 0.15) is 17.1 Å². The minimum absolute atomic E-state index is 0.0296. The number of aliphatic hydroxyl groups is 1. The lowest BCUT2D eigenvalue weighted by Crippen LogP contribution is -2.51. The van der Waals surface area contributed by atoms with Crippen LogP contribution in [0.25, 0.3) is 0 Å². The summed E-state index contributed by atoms with van der Waals surface area (Å²) in [5.74, 6) is -0.0287. The Morgan fingerprint density at radius 1 is 1.47 bits per heavy atom. The molecule has 2 rings (SSSR count). The number of nitrogens with one attached hydrogen (secondary N) is 1. The summed E-state index contributed by atoms with van der Waals surface area (Å²) in [5, 5.41) is 21.7. The van der Waals surface area contributed by atoms with E-state index in [9.17, 15) is 9.90 Å². The van der Waals surface area contributed by atoms with E-state index in [1.54, 1.807) is 6.92 Å². The van der Waals surface area contributed by atoms with Gasteiger partial charge in [-0.25, -0.2) is 4.79 Å². The van der Waals surface area contributed by atoms with E-state index in [2.05, 4.69) is 5.32 Å². The fourth-order valence-corrected chi connectivity index (χ4v) is 2.27. The quantitative estimate of drug-likeness (QED) is 0.736. The average Bonchev–Trinajstić information content (AvgIpc) is 2.79. The van der Waals surface area contributed by atoms with Crippen LogP contribution in [0.3, 0.4) is 0 Å². The zero-order valence-corrected chi connectivity index (χ0v) is 10.9. The Morgan fingerprint density at radius 2 is 2.16 bits per heavy atom. The fraction of sp³-hybridized carbons (Fsp3) is 0.615. The molecule has 1 aromatic heterocycles. The number of carboxylic acids is 1. The van der Waals surface area contributed by atoms with Crippen LogP contribution in [0.2, 0.25) is 0 Å². The highest BCUT2D eigenvalue weighted by molar-refractivity contribution is 5.88. The molecule has 0 saturated carbocycles. The molecule has 3 N–H and O–H groups in total. The van der Waals surface area contributed by atoms with Crippen molar-refractivity contribution in [3.8, 4) is 0 Å². The number of furan rings is 1. The van der Waals surface area contributed by atoms with Crippen LogP contribution in [0.4, 0.5) is 0 Å². The number of aromatic carboxylic acids is 1. The minimum atomic E-state index is -0.990. The highest BCUT2D eigenvalue weighted by Crippen LogP contribution is 2.22. The first-order valence-corrected chi connectivity index (χ1v) is 6.32. The van der Waals surface area contributed by atoms with Crippen molar-refractivity contribution in [3.63, 3.8) is 0 Å². The van der Waals surface area contributed by atoms with Crippen molar-refractivity contribution in [1.82, 2.24) is 5.32 Å². The van der Waals surface area contributed by atoms with Crippen molar-refractivity contribution < 1.29 is 24.2 Å². The molecule has 6 heteroatoms. The van der Waals surface area contributed by atoms with E-state index in [0.29, 0.717) is 31.3 Å². The van der Waals surface area contributed by atoms with Gasteiger partial charge in [-0.3, -0.25) is 0 Å². The Kier molecular flexibility index (Phi) is 4.24. The van der Waals surface area contributed by atoms with Crippen LogP contribution in [0, 0.1) is 6.92 Å². The van der Waals surface area contributed by atoms with Gasteiger partial charge in [-0.15, -0.1) is 0 Å². The molecule has 0 aromatic carbocycles. The van der Waals surface area contributed by atoms with Crippen LogP contribution < -0.4 is 5.32 Å². The van der Waals surface area contributed by atoms with Gasteiger partial charge in [0.15, 0.2) is 0 Å². The molecule has 2 heterocycles. The van der Waals surface area contributed by atoms with Gasteiger partial charge in [0, 0.05) is 18.8 Å². The molecular formula is C13H19NO5. The first kappa shape index (κ1) is 14.0. The second-order valence-electron chi connectivity index (χ2n) is 4.89. The van der Waals surface area contributed by atoms with E-state index in [1.165, 1.54) is 6.07 Å². The summed E-state index contributed by atoms with van der Waals surface area (Å²) < 4.78 is 10.7. The molecule has 0 spiro atoms. The van der Waals surface area contributed by atoms with Crippen LogP contribution in [-0.4, -0.2) is 41.5 Å². The van der Waals surface area contributed by atoms with Gasteiger partial charge in [0.05, 0.1) is 13.2 Å². The number of carboxylic acid groups (broad SMARTS) is 1. The van der Waals surface area contributed by atoms with Crippen molar-refractivity contribution in [3.05, 3.63) is 23.2 Å². The smallest absolute Gasteiger partial charge is 0.339 e. The van der Waals surface area contributed by atoms with E-state index in [1.807, 2.05) is 0 Å². The average molecular weight is 269 g/mol. The Morgan fingerprint density at radius 3 is 2.68 bits per heavy atom. The predicted molar refractivity (Wildman–Crippen MR) is 67.1 cm³/mol. The third-order valence-electron chi connectivity index (χ3n) is 3.59. The second kappa shape index (κ2) is 5.73. The molecule has 6 nitrogen and oxygen atoms in total. The van der Waals surface area contributed by atoms with Crippen LogP contribution in [-0.2, 0) is 11.3 Å². The highest BCUT2D eigenvalue weighted by atomic mass is 16.5. The zero-order chi connectivity index (χ0) is 13.9. The number of ether oxygens (including phenoxy) is 1. The summed E-state index contributed by atoms with van der Waals surface area (Å²) in [6, 6.07) is 1.52. The Hall–Kier alpha value is -1.37. The largest absolute Gasteiger partial charge is 0.478 e. The molecule has 0 bridgehead atoms. The maximum Gasteiger partial charge on any atom is 0.339 e. The summed E-state index contributed by atoms with van der Waals surface area (Å²) in [4.78, 5) is 10.9. The molecule has 0 radical (unpaired) electrons. The van der Waals surface area contributed by atoms with Crippen LogP contribution in [0.5, 0.6) is 0 Å². The third-order valence-corrected chi connectivity index (χ3v) is 3.59. The summed E-state index contributed by atoms with van der Waals surface area (Å²) in [5.41, 5.74) is -0.177. The van der Waals surface area contributed by atoms with Crippen LogP contribution in [0.1, 0.15) is 34.7 Å². The van der Waals surface area contributed by atoms with Gasteiger partial charge in [-0.2, -0.15) is 0 Å². The first-order valence-electron chi connectivity index (χ1n) is 6.32.